The second kappa shape index (κ2) is 7.96. The zero-order valence-electron chi connectivity index (χ0n) is 14.5. The highest BCUT2D eigenvalue weighted by Gasteiger charge is 2.40. The number of halogens is 3. The molecule has 1 fully saturated rings. The molecule has 2 amide bonds. The molecule has 1 aliphatic rings. The zero-order chi connectivity index (χ0) is 20.4. The number of carbonyl (C=O) groups excluding carboxylic acids is 3. The first-order valence-corrected chi connectivity index (χ1v) is 8.75. The summed E-state index contributed by atoms with van der Waals surface area (Å²) < 4.78 is 42.3. The Bertz CT molecular complexity index is 813. The Hall–Kier alpha value is -2.61. The van der Waals surface area contributed by atoms with Gasteiger partial charge in [0.25, 0.3) is 0 Å². The van der Waals surface area contributed by atoms with E-state index < -0.39 is 36.4 Å². The van der Waals surface area contributed by atoms with Crippen molar-refractivity contribution < 1.29 is 32.3 Å². The molecule has 146 valence electrons. The topological polar surface area (TPSA) is 99.5 Å². The number of hydrogen-bond donors (Lipinski definition) is 1. The maximum Gasteiger partial charge on any atom is 0.406 e. The van der Waals surface area contributed by atoms with Crippen LogP contribution in [0.25, 0.3) is 0 Å². The van der Waals surface area contributed by atoms with Crippen molar-refractivity contribution in [2.45, 2.75) is 26.4 Å². The molecule has 1 N–H and O–H groups in total. The molecule has 0 saturated carbocycles. The van der Waals surface area contributed by atoms with Crippen LogP contribution in [0.1, 0.15) is 34.1 Å². The minimum Gasteiger partial charge on any atom is -0.462 e. The van der Waals surface area contributed by atoms with Gasteiger partial charge in [-0.05, 0) is 19.4 Å². The highest BCUT2D eigenvalue weighted by atomic mass is 32.1. The fourth-order valence-electron chi connectivity index (χ4n) is 2.66. The molecular formula is C16H16F3N3O4S. The molecule has 0 aliphatic carbocycles. The van der Waals surface area contributed by atoms with E-state index in [-0.39, 0.29) is 35.0 Å². The first kappa shape index (κ1) is 20.7. The van der Waals surface area contributed by atoms with Crippen molar-refractivity contribution >= 4 is 34.1 Å². The maximum atomic E-state index is 12.5. The normalized spacial score (nSPS) is 17.0. The van der Waals surface area contributed by atoms with E-state index in [2.05, 4.69) is 5.32 Å². The van der Waals surface area contributed by atoms with E-state index in [0.29, 0.717) is 10.5 Å². The number of alkyl halides is 3. The standard InChI is InChI=1S/C16H16F3N3O4S/c1-3-26-15(25)12-8(2)10(5-20)14(27-12)21-13(24)9-4-11(23)22(6-9)7-16(17,18)19/h9H,3-4,6-7H2,1-2H3,(H,21,24). The SMILES string of the molecule is CCOC(=O)c1sc(NC(=O)C2CC(=O)N(CC(F)(F)F)C2)c(C#N)c1C. The van der Waals surface area contributed by atoms with E-state index in [0.717, 1.165) is 11.3 Å². The summed E-state index contributed by atoms with van der Waals surface area (Å²) in [7, 11) is 0. The highest BCUT2D eigenvalue weighted by molar-refractivity contribution is 7.18. The number of esters is 1. The Labute approximate surface area is 156 Å². The number of nitriles is 1. The smallest absolute Gasteiger partial charge is 0.406 e. The van der Waals surface area contributed by atoms with Gasteiger partial charge in [0.05, 0.1) is 18.1 Å². The van der Waals surface area contributed by atoms with Gasteiger partial charge >= 0.3 is 12.1 Å². The molecular weight excluding hydrogens is 387 g/mol. The summed E-state index contributed by atoms with van der Waals surface area (Å²) in [6, 6.07) is 1.89. The lowest BCUT2D eigenvalue weighted by molar-refractivity contribution is -0.157. The third kappa shape index (κ3) is 4.77. The number of nitrogens with one attached hydrogen (secondary N) is 1. The van der Waals surface area contributed by atoms with Crippen molar-refractivity contribution in [1.82, 2.24) is 4.90 Å². The van der Waals surface area contributed by atoms with Crippen molar-refractivity contribution in [2.24, 2.45) is 5.92 Å². The third-order valence-corrected chi connectivity index (χ3v) is 5.10. The van der Waals surface area contributed by atoms with Crippen molar-refractivity contribution in [3.63, 3.8) is 0 Å². The first-order valence-electron chi connectivity index (χ1n) is 7.93. The predicted octanol–water partition coefficient (Wildman–Crippen LogP) is 2.45. The number of nitrogens with zero attached hydrogens (tertiary/aromatic N) is 2. The van der Waals surface area contributed by atoms with Gasteiger partial charge in [0.15, 0.2) is 0 Å². The molecule has 0 bridgehead atoms. The van der Waals surface area contributed by atoms with E-state index in [1.165, 1.54) is 6.92 Å². The monoisotopic (exact) mass is 403 g/mol. The fraction of sp³-hybridized carbons (Fsp3) is 0.500. The highest BCUT2D eigenvalue weighted by Crippen LogP contribution is 2.34. The summed E-state index contributed by atoms with van der Waals surface area (Å²) in [5, 5.41) is 11.8. The largest absolute Gasteiger partial charge is 0.462 e. The Morgan fingerprint density at radius 1 is 1.44 bits per heavy atom. The molecule has 7 nitrogen and oxygen atoms in total. The molecule has 0 radical (unpaired) electrons. The Balaban J connectivity index is 2.14. The van der Waals surface area contributed by atoms with Crippen LogP contribution in [-0.4, -0.2) is 48.6 Å². The molecule has 2 rings (SSSR count). The molecule has 1 saturated heterocycles. The van der Waals surface area contributed by atoms with Crippen LogP contribution in [0, 0.1) is 24.2 Å². The maximum absolute atomic E-state index is 12.5. The van der Waals surface area contributed by atoms with Crippen molar-refractivity contribution in [3.8, 4) is 6.07 Å². The number of hydrogen-bond acceptors (Lipinski definition) is 6. The number of carbonyl (C=O) groups is 3. The first-order chi connectivity index (χ1) is 12.6. The van der Waals surface area contributed by atoms with Gasteiger partial charge in [0, 0.05) is 13.0 Å². The van der Waals surface area contributed by atoms with Crippen LogP contribution in [0.5, 0.6) is 0 Å². The number of anilines is 1. The molecule has 0 aromatic carbocycles. The van der Waals surface area contributed by atoms with E-state index in [1.54, 1.807) is 6.92 Å². The summed E-state index contributed by atoms with van der Waals surface area (Å²) in [4.78, 5) is 36.7. The second-order valence-electron chi connectivity index (χ2n) is 5.87. The molecule has 1 atom stereocenters. The van der Waals surface area contributed by atoms with Gasteiger partial charge in [0.1, 0.15) is 22.5 Å². The molecule has 1 aliphatic heterocycles. The predicted molar refractivity (Wildman–Crippen MR) is 89.1 cm³/mol. The fourth-order valence-corrected chi connectivity index (χ4v) is 3.71. The average Bonchev–Trinajstić information content (AvgIpc) is 3.06. The van der Waals surface area contributed by atoms with Crippen LogP contribution >= 0.6 is 11.3 Å². The van der Waals surface area contributed by atoms with Crippen LogP contribution in [0.15, 0.2) is 0 Å². The van der Waals surface area contributed by atoms with Crippen LogP contribution in [0.2, 0.25) is 0 Å². The van der Waals surface area contributed by atoms with Gasteiger partial charge in [-0.1, -0.05) is 0 Å². The summed E-state index contributed by atoms with van der Waals surface area (Å²) in [5.74, 6) is -3.05. The Kier molecular flexibility index (Phi) is 6.10. The van der Waals surface area contributed by atoms with Gasteiger partial charge in [-0.2, -0.15) is 18.4 Å². The lowest BCUT2D eigenvalue weighted by Gasteiger charge is -2.18. The molecule has 1 aromatic heterocycles. The zero-order valence-corrected chi connectivity index (χ0v) is 15.3. The number of thiophene rings is 1. The van der Waals surface area contributed by atoms with Gasteiger partial charge in [-0.25, -0.2) is 4.79 Å². The van der Waals surface area contributed by atoms with Crippen LogP contribution in [-0.2, 0) is 14.3 Å². The van der Waals surface area contributed by atoms with Crippen LogP contribution < -0.4 is 5.32 Å². The minimum absolute atomic E-state index is 0.0767. The van der Waals surface area contributed by atoms with Crippen molar-refractivity contribution in [1.29, 1.82) is 5.26 Å². The third-order valence-electron chi connectivity index (χ3n) is 3.91. The van der Waals surface area contributed by atoms with E-state index in [9.17, 15) is 32.8 Å². The quantitative estimate of drug-likeness (QED) is 0.762. The van der Waals surface area contributed by atoms with Crippen molar-refractivity contribution in [3.05, 3.63) is 16.0 Å². The molecule has 27 heavy (non-hydrogen) atoms. The molecule has 2 heterocycles. The minimum atomic E-state index is -4.55. The molecule has 0 spiro atoms. The molecule has 11 heteroatoms. The number of rotatable bonds is 5. The summed E-state index contributed by atoms with van der Waals surface area (Å²) in [6.45, 7) is 1.52. The number of ether oxygens (including phenoxy) is 1. The van der Waals surface area contributed by atoms with Gasteiger partial charge in [0.2, 0.25) is 11.8 Å². The summed E-state index contributed by atoms with van der Waals surface area (Å²) in [5.41, 5.74) is 0.422. The number of likely N-dealkylation sites (tertiary alicyclic amines) is 1. The molecule has 1 unspecified atom stereocenters. The van der Waals surface area contributed by atoms with Crippen molar-refractivity contribution in [2.75, 3.05) is 25.0 Å². The summed E-state index contributed by atoms with van der Waals surface area (Å²) >= 11 is 0.850. The Morgan fingerprint density at radius 2 is 2.11 bits per heavy atom. The van der Waals surface area contributed by atoms with Gasteiger partial charge in [-0.3, -0.25) is 9.59 Å². The Morgan fingerprint density at radius 3 is 2.67 bits per heavy atom. The van der Waals surface area contributed by atoms with Gasteiger partial charge in [-0.15, -0.1) is 11.3 Å². The van der Waals surface area contributed by atoms with Gasteiger partial charge < -0.3 is 15.0 Å². The van der Waals surface area contributed by atoms with E-state index in [4.69, 9.17) is 4.74 Å². The van der Waals surface area contributed by atoms with E-state index >= 15 is 0 Å². The van der Waals surface area contributed by atoms with Crippen LogP contribution in [0.3, 0.4) is 0 Å². The summed E-state index contributed by atoms with van der Waals surface area (Å²) in [6.07, 6.45) is -4.90. The lowest BCUT2D eigenvalue weighted by atomic mass is 10.1. The second-order valence-corrected chi connectivity index (χ2v) is 6.89. The van der Waals surface area contributed by atoms with E-state index in [1.807, 2.05) is 6.07 Å². The molecule has 1 aromatic rings. The lowest BCUT2D eigenvalue weighted by Crippen LogP contribution is -2.36. The average molecular weight is 403 g/mol. The number of amides is 2. The van der Waals surface area contributed by atoms with Crippen LogP contribution in [0.4, 0.5) is 18.2 Å².